The number of carbonyl (C=O) groups is 1. The minimum atomic E-state index is 0.0868. The molecule has 1 amide bonds. The second kappa shape index (κ2) is 7.61. The quantitative estimate of drug-likeness (QED) is 0.554. The first-order valence-corrected chi connectivity index (χ1v) is 11.0. The molecule has 1 atom stereocenters. The van der Waals surface area contributed by atoms with Crippen LogP contribution in [0.25, 0.3) is 0 Å². The van der Waals surface area contributed by atoms with Crippen LogP contribution in [0.5, 0.6) is 11.5 Å². The molecule has 0 N–H and O–H groups in total. The predicted octanol–water partition coefficient (Wildman–Crippen LogP) is 5.09. The summed E-state index contributed by atoms with van der Waals surface area (Å²) in [6, 6.07) is 18.0. The molecule has 1 aromatic heterocycles. The zero-order chi connectivity index (χ0) is 20.7. The van der Waals surface area contributed by atoms with Crippen LogP contribution in [0.2, 0.25) is 0 Å². The summed E-state index contributed by atoms with van der Waals surface area (Å²) in [7, 11) is 0. The highest BCUT2D eigenvalue weighted by Gasteiger charge is 2.32. The average Bonchev–Trinajstić information content (AvgIpc) is 3.23. The van der Waals surface area contributed by atoms with Gasteiger partial charge in [0.1, 0.15) is 17.3 Å². The first-order chi connectivity index (χ1) is 14.6. The van der Waals surface area contributed by atoms with Gasteiger partial charge < -0.3 is 14.5 Å². The lowest BCUT2D eigenvalue weighted by atomic mass is 10.1. The average molecular weight is 418 g/mol. The van der Waals surface area contributed by atoms with Gasteiger partial charge in [-0.05, 0) is 49.6 Å². The fraction of sp³-hybridized carbons (Fsp3) is 0.250. The number of hydrogen-bond acceptors (Lipinski definition) is 5. The van der Waals surface area contributed by atoms with Crippen LogP contribution in [0, 0.1) is 6.92 Å². The van der Waals surface area contributed by atoms with Gasteiger partial charge in [0.2, 0.25) is 0 Å². The smallest absolute Gasteiger partial charge is 0.264 e. The second-order valence-electron chi connectivity index (χ2n) is 7.78. The first kappa shape index (κ1) is 18.9. The van der Waals surface area contributed by atoms with Crippen molar-refractivity contribution in [2.75, 3.05) is 19.6 Å². The zero-order valence-electron chi connectivity index (χ0n) is 17.0. The standard InChI is InChI=1S/C24H23N3O2S/c1-16-9-10-20-18(14-16)23(25-19-6-3-4-7-21(19)29-20)26-11-12-27(17(2)15-26)24(28)22-8-5-13-30-22/h3-10,13-14,17H,11-12,15H2,1-2H3. The molecule has 1 unspecified atom stereocenters. The van der Waals surface area contributed by atoms with Gasteiger partial charge in [0.15, 0.2) is 5.75 Å². The largest absolute Gasteiger partial charge is 0.454 e. The minimum Gasteiger partial charge on any atom is -0.454 e. The topological polar surface area (TPSA) is 45.1 Å². The van der Waals surface area contributed by atoms with Crippen molar-refractivity contribution in [1.82, 2.24) is 9.80 Å². The lowest BCUT2D eigenvalue weighted by molar-refractivity contribution is 0.0586. The number of carbonyl (C=O) groups excluding carboxylic acids is 1. The maximum atomic E-state index is 12.9. The van der Waals surface area contributed by atoms with Crippen LogP contribution in [0.1, 0.15) is 27.7 Å². The van der Waals surface area contributed by atoms with E-state index in [1.165, 1.54) is 11.3 Å². The Labute approximate surface area is 180 Å². The minimum absolute atomic E-state index is 0.0868. The number of para-hydroxylation sites is 2. The second-order valence-corrected chi connectivity index (χ2v) is 8.72. The molecule has 30 heavy (non-hydrogen) atoms. The highest BCUT2D eigenvalue weighted by molar-refractivity contribution is 7.12. The van der Waals surface area contributed by atoms with E-state index in [1.807, 2.05) is 52.7 Å². The van der Waals surface area contributed by atoms with Crippen LogP contribution in [-0.4, -0.2) is 47.2 Å². The van der Waals surface area contributed by atoms with Crippen molar-refractivity contribution in [1.29, 1.82) is 0 Å². The summed E-state index contributed by atoms with van der Waals surface area (Å²) in [5, 5.41) is 1.95. The van der Waals surface area contributed by atoms with Crippen LogP contribution in [-0.2, 0) is 0 Å². The van der Waals surface area contributed by atoms with Crippen molar-refractivity contribution in [2.45, 2.75) is 19.9 Å². The third-order valence-electron chi connectivity index (χ3n) is 5.61. The number of aliphatic imine (C=N–C) groups is 1. The molecule has 0 saturated carbocycles. The number of ether oxygens (including phenoxy) is 1. The van der Waals surface area contributed by atoms with E-state index in [9.17, 15) is 4.79 Å². The lowest BCUT2D eigenvalue weighted by Crippen LogP contribution is -2.55. The molecule has 5 nitrogen and oxygen atoms in total. The summed E-state index contributed by atoms with van der Waals surface area (Å²) >= 11 is 1.50. The maximum absolute atomic E-state index is 12.9. The number of benzene rings is 2. The van der Waals surface area contributed by atoms with Crippen molar-refractivity contribution in [3.63, 3.8) is 0 Å². The van der Waals surface area contributed by atoms with Gasteiger partial charge >= 0.3 is 0 Å². The third-order valence-corrected chi connectivity index (χ3v) is 6.47. The maximum Gasteiger partial charge on any atom is 0.264 e. The Bertz CT molecular complexity index is 1120. The van der Waals surface area contributed by atoms with Crippen LogP contribution >= 0.6 is 11.3 Å². The van der Waals surface area contributed by atoms with E-state index in [4.69, 9.17) is 9.73 Å². The third kappa shape index (κ3) is 3.37. The van der Waals surface area contributed by atoms with Crippen LogP contribution in [0.4, 0.5) is 5.69 Å². The van der Waals surface area contributed by atoms with E-state index in [-0.39, 0.29) is 11.9 Å². The first-order valence-electron chi connectivity index (χ1n) is 10.2. The molecule has 0 spiro atoms. The fourth-order valence-electron chi connectivity index (χ4n) is 4.07. The highest BCUT2D eigenvalue weighted by atomic mass is 32.1. The molecule has 5 rings (SSSR count). The molecule has 2 aromatic carbocycles. The number of aryl methyl sites for hydroxylation is 1. The van der Waals surface area contributed by atoms with Crippen molar-refractivity contribution in [3.8, 4) is 11.5 Å². The Kier molecular flexibility index (Phi) is 4.79. The summed E-state index contributed by atoms with van der Waals surface area (Å²) in [6.45, 7) is 6.31. The molecular weight excluding hydrogens is 394 g/mol. The van der Waals surface area contributed by atoms with E-state index in [0.717, 1.165) is 52.1 Å². The number of amides is 1. The van der Waals surface area contributed by atoms with Crippen LogP contribution < -0.4 is 4.74 Å². The van der Waals surface area contributed by atoms with Crippen molar-refractivity contribution in [2.24, 2.45) is 4.99 Å². The predicted molar refractivity (Wildman–Crippen MR) is 120 cm³/mol. The number of amidine groups is 1. The molecule has 3 aromatic rings. The van der Waals surface area contributed by atoms with Gasteiger partial charge in [0.05, 0.1) is 10.4 Å². The summed E-state index contributed by atoms with van der Waals surface area (Å²) in [5.41, 5.74) is 2.98. The molecule has 0 aliphatic carbocycles. The molecule has 0 radical (unpaired) electrons. The normalized spacial score (nSPS) is 18.1. The van der Waals surface area contributed by atoms with E-state index in [1.54, 1.807) is 0 Å². The Hall–Kier alpha value is -3.12. The summed E-state index contributed by atoms with van der Waals surface area (Å²) in [4.78, 5) is 23.0. The molecule has 6 heteroatoms. The van der Waals surface area contributed by atoms with E-state index in [2.05, 4.69) is 30.9 Å². The SMILES string of the molecule is Cc1ccc2c(c1)C(N1CCN(C(=O)c3cccs3)C(C)C1)=Nc1ccccc1O2. The number of thiophene rings is 1. The van der Waals surface area contributed by atoms with E-state index in [0.29, 0.717) is 6.54 Å². The molecule has 152 valence electrons. The lowest BCUT2D eigenvalue weighted by Gasteiger charge is -2.41. The Morgan fingerprint density at radius 2 is 1.97 bits per heavy atom. The Balaban J connectivity index is 1.48. The highest BCUT2D eigenvalue weighted by Crippen LogP contribution is 2.38. The molecule has 0 bridgehead atoms. The number of rotatable bonds is 1. The molecule has 1 fully saturated rings. The van der Waals surface area contributed by atoms with Gasteiger partial charge in [-0.15, -0.1) is 11.3 Å². The number of fused-ring (bicyclic) bond motifs is 2. The number of hydrogen-bond donors (Lipinski definition) is 0. The Morgan fingerprint density at radius 1 is 1.10 bits per heavy atom. The fourth-order valence-corrected chi connectivity index (χ4v) is 4.75. The molecule has 3 heterocycles. The molecule has 2 aliphatic rings. The monoisotopic (exact) mass is 417 g/mol. The van der Waals surface area contributed by atoms with Gasteiger partial charge in [0.25, 0.3) is 5.91 Å². The van der Waals surface area contributed by atoms with Crippen molar-refractivity contribution >= 4 is 28.8 Å². The van der Waals surface area contributed by atoms with Gasteiger partial charge in [-0.1, -0.05) is 29.8 Å². The van der Waals surface area contributed by atoms with Gasteiger partial charge in [-0.25, -0.2) is 4.99 Å². The Morgan fingerprint density at radius 3 is 2.77 bits per heavy atom. The van der Waals surface area contributed by atoms with Gasteiger partial charge in [-0.2, -0.15) is 0 Å². The number of nitrogens with zero attached hydrogens (tertiary/aromatic N) is 3. The van der Waals surface area contributed by atoms with Gasteiger partial charge in [0, 0.05) is 25.7 Å². The van der Waals surface area contributed by atoms with Crippen LogP contribution in [0.15, 0.2) is 65.0 Å². The van der Waals surface area contributed by atoms with E-state index < -0.39 is 0 Å². The summed E-state index contributed by atoms with van der Waals surface area (Å²) < 4.78 is 6.21. The van der Waals surface area contributed by atoms with Gasteiger partial charge in [-0.3, -0.25) is 4.79 Å². The zero-order valence-corrected chi connectivity index (χ0v) is 17.9. The van der Waals surface area contributed by atoms with Crippen molar-refractivity contribution < 1.29 is 9.53 Å². The van der Waals surface area contributed by atoms with Crippen molar-refractivity contribution in [3.05, 3.63) is 76.0 Å². The summed E-state index contributed by atoms with van der Waals surface area (Å²) in [6.07, 6.45) is 0. The number of piperazine rings is 1. The van der Waals surface area contributed by atoms with Crippen LogP contribution in [0.3, 0.4) is 0 Å². The molecular formula is C24H23N3O2S. The van der Waals surface area contributed by atoms with E-state index >= 15 is 0 Å². The molecule has 1 saturated heterocycles. The molecule has 2 aliphatic heterocycles. The summed E-state index contributed by atoms with van der Waals surface area (Å²) in [5.74, 6) is 2.60.